The molecule has 0 spiro atoms. The Labute approximate surface area is 157 Å². The lowest BCUT2D eigenvalue weighted by Crippen LogP contribution is -2.48. The van der Waals surface area contributed by atoms with Crippen LogP contribution in [-0.2, 0) is 9.53 Å². The van der Waals surface area contributed by atoms with Crippen molar-refractivity contribution in [2.45, 2.75) is 19.1 Å². The average Bonchev–Trinajstić information content (AvgIpc) is 2.70. The third kappa shape index (κ3) is 5.53. The van der Waals surface area contributed by atoms with Crippen molar-refractivity contribution in [1.82, 2.24) is 5.32 Å². The van der Waals surface area contributed by atoms with Crippen LogP contribution in [0.3, 0.4) is 0 Å². The monoisotopic (exact) mass is 365 g/mol. The summed E-state index contributed by atoms with van der Waals surface area (Å²) in [4.78, 5) is 34.5. The number of hydrogen-bond donors (Lipinski definition) is 2. The lowest BCUT2D eigenvalue weighted by atomic mass is 10.1. The summed E-state index contributed by atoms with van der Waals surface area (Å²) < 4.78 is 4.57. The first-order valence-electron chi connectivity index (χ1n) is 8.18. The molecule has 2 rings (SSSR count). The van der Waals surface area contributed by atoms with E-state index in [1.165, 1.54) is 14.0 Å². The van der Waals surface area contributed by atoms with Crippen molar-refractivity contribution < 1.29 is 24.2 Å². The predicted octanol–water partition coefficient (Wildman–Crippen LogP) is 1.55. The highest BCUT2D eigenvalue weighted by Crippen LogP contribution is 2.06. The molecule has 0 aromatic heterocycles. The summed E-state index contributed by atoms with van der Waals surface area (Å²) in [5.41, 5.74) is 2.37. The lowest BCUT2D eigenvalue weighted by Gasteiger charge is -2.18. The summed E-state index contributed by atoms with van der Waals surface area (Å²) >= 11 is 0. The number of carbonyl (C=O) groups excluding carboxylic acids is 3. The molecule has 2 aromatic rings. The largest absolute Gasteiger partial charge is 0.467 e. The molecule has 138 valence electrons. The van der Waals surface area contributed by atoms with E-state index in [9.17, 15) is 19.5 Å². The van der Waals surface area contributed by atoms with E-state index in [0.717, 1.165) is 11.8 Å². The van der Waals surface area contributed by atoms with Crippen molar-refractivity contribution >= 4 is 18.2 Å². The first kappa shape index (κ1) is 19.9. The Kier molecular flexibility index (Phi) is 6.86. The fourth-order valence-electron chi connectivity index (χ4n) is 2.22. The number of benzene rings is 2. The molecule has 0 saturated carbocycles. The number of carbonyl (C=O) groups is 3. The van der Waals surface area contributed by atoms with Crippen LogP contribution < -0.4 is 5.32 Å². The van der Waals surface area contributed by atoms with Gasteiger partial charge in [-0.3, -0.25) is 9.59 Å². The van der Waals surface area contributed by atoms with Crippen molar-refractivity contribution in [3.63, 3.8) is 0 Å². The Hall–Kier alpha value is -3.43. The fourth-order valence-corrected chi connectivity index (χ4v) is 2.22. The molecule has 2 unspecified atom stereocenters. The first-order chi connectivity index (χ1) is 12.9. The molecule has 0 radical (unpaired) electrons. The number of aldehydes is 1. The second-order valence-corrected chi connectivity index (χ2v) is 5.78. The van der Waals surface area contributed by atoms with Crippen LogP contribution in [0.15, 0.2) is 48.5 Å². The zero-order valence-electron chi connectivity index (χ0n) is 14.9. The minimum absolute atomic E-state index is 0.324. The quantitative estimate of drug-likeness (QED) is 0.476. The molecule has 0 saturated heterocycles. The predicted molar refractivity (Wildman–Crippen MR) is 99.2 cm³/mol. The molecule has 2 N–H and O–H groups in total. The molecule has 6 nitrogen and oxygen atoms in total. The summed E-state index contributed by atoms with van der Waals surface area (Å²) in [6, 6.07) is 12.2. The SMILES string of the molecule is COC(=O)C(NC(=O)c1ccc(C#Cc2ccc(C=O)cc2)cc1)C(C)O. The van der Waals surface area contributed by atoms with E-state index < -0.39 is 24.0 Å². The molecular formula is C21H19NO5. The van der Waals surface area contributed by atoms with Crippen molar-refractivity contribution in [3.05, 3.63) is 70.8 Å². The number of rotatable bonds is 5. The van der Waals surface area contributed by atoms with E-state index in [-0.39, 0.29) is 0 Å². The molecule has 27 heavy (non-hydrogen) atoms. The molecule has 0 aliphatic heterocycles. The number of aliphatic hydroxyl groups excluding tert-OH is 1. The van der Waals surface area contributed by atoms with E-state index in [1.54, 1.807) is 48.5 Å². The van der Waals surface area contributed by atoms with E-state index >= 15 is 0 Å². The molecule has 0 aliphatic rings. The van der Waals surface area contributed by atoms with Gasteiger partial charge >= 0.3 is 5.97 Å². The van der Waals surface area contributed by atoms with Crippen LogP contribution >= 0.6 is 0 Å². The third-order valence-corrected chi connectivity index (χ3v) is 3.77. The van der Waals surface area contributed by atoms with Crippen molar-refractivity contribution in [3.8, 4) is 11.8 Å². The van der Waals surface area contributed by atoms with Gasteiger partial charge in [0.15, 0.2) is 6.04 Å². The van der Waals surface area contributed by atoms with Crippen LogP contribution in [-0.4, -0.2) is 42.5 Å². The van der Waals surface area contributed by atoms with Crippen LogP contribution in [0.25, 0.3) is 0 Å². The van der Waals surface area contributed by atoms with Gasteiger partial charge in [-0.2, -0.15) is 0 Å². The molecule has 0 fully saturated rings. The summed E-state index contributed by atoms with van der Waals surface area (Å²) in [5, 5.41) is 12.1. The Bertz CT molecular complexity index is 874. The number of amides is 1. The summed E-state index contributed by atoms with van der Waals surface area (Å²) in [6.45, 7) is 1.39. The minimum atomic E-state index is -1.14. The second-order valence-electron chi connectivity index (χ2n) is 5.78. The molecule has 0 aliphatic carbocycles. The van der Waals surface area contributed by atoms with Crippen LogP contribution in [0, 0.1) is 11.8 Å². The van der Waals surface area contributed by atoms with Crippen molar-refractivity contribution in [1.29, 1.82) is 0 Å². The van der Waals surface area contributed by atoms with Gasteiger partial charge in [0.2, 0.25) is 0 Å². The Balaban J connectivity index is 2.08. The molecule has 0 heterocycles. The van der Waals surface area contributed by atoms with Crippen molar-refractivity contribution in [2.75, 3.05) is 7.11 Å². The lowest BCUT2D eigenvalue weighted by molar-refractivity contribution is -0.145. The highest BCUT2D eigenvalue weighted by molar-refractivity contribution is 5.97. The number of methoxy groups -OCH3 is 1. The number of esters is 1. The van der Waals surface area contributed by atoms with Crippen LogP contribution in [0.2, 0.25) is 0 Å². The van der Waals surface area contributed by atoms with Gasteiger partial charge in [0, 0.05) is 22.3 Å². The Morgan fingerprint density at radius 1 is 1.04 bits per heavy atom. The maximum Gasteiger partial charge on any atom is 0.331 e. The van der Waals surface area contributed by atoms with Crippen LogP contribution in [0.4, 0.5) is 0 Å². The fraction of sp³-hybridized carbons (Fsp3) is 0.190. The Morgan fingerprint density at radius 2 is 1.56 bits per heavy atom. The van der Waals surface area contributed by atoms with Gasteiger partial charge in [-0.05, 0) is 43.3 Å². The number of ether oxygens (including phenoxy) is 1. The van der Waals surface area contributed by atoms with Gasteiger partial charge in [0.05, 0.1) is 13.2 Å². The molecule has 2 atom stereocenters. The smallest absolute Gasteiger partial charge is 0.331 e. The second kappa shape index (κ2) is 9.32. The summed E-state index contributed by atoms with van der Waals surface area (Å²) in [6.07, 6.45) is -0.319. The third-order valence-electron chi connectivity index (χ3n) is 3.77. The molecule has 6 heteroatoms. The highest BCUT2D eigenvalue weighted by atomic mass is 16.5. The van der Waals surface area contributed by atoms with Gasteiger partial charge in [-0.1, -0.05) is 24.0 Å². The summed E-state index contributed by atoms with van der Waals surface area (Å²) in [5.74, 6) is 4.71. The molecule has 1 amide bonds. The first-order valence-corrected chi connectivity index (χ1v) is 8.18. The maximum atomic E-state index is 12.2. The maximum absolute atomic E-state index is 12.2. The van der Waals surface area contributed by atoms with Gasteiger partial charge in [-0.15, -0.1) is 0 Å². The van der Waals surface area contributed by atoms with Gasteiger partial charge < -0.3 is 15.2 Å². The molecule has 2 aromatic carbocycles. The normalized spacial score (nSPS) is 12.1. The van der Waals surface area contributed by atoms with Gasteiger partial charge in [0.1, 0.15) is 6.29 Å². The number of hydrogen-bond acceptors (Lipinski definition) is 5. The average molecular weight is 365 g/mol. The van der Waals surface area contributed by atoms with Crippen molar-refractivity contribution in [2.24, 2.45) is 0 Å². The number of nitrogens with one attached hydrogen (secondary N) is 1. The van der Waals surface area contributed by atoms with Crippen LogP contribution in [0.1, 0.15) is 38.8 Å². The zero-order chi connectivity index (χ0) is 19.8. The summed E-state index contributed by atoms with van der Waals surface area (Å²) in [7, 11) is 1.18. The van der Waals surface area contributed by atoms with Gasteiger partial charge in [0.25, 0.3) is 5.91 Å². The molecule has 0 bridgehead atoms. The van der Waals surface area contributed by atoms with Gasteiger partial charge in [-0.25, -0.2) is 4.79 Å². The minimum Gasteiger partial charge on any atom is -0.467 e. The van der Waals surface area contributed by atoms with E-state index in [1.807, 2.05) is 0 Å². The molecular weight excluding hydrogens is 346 g/mol. The van der Waals surface area contributed by atoms with E-state index in [0.29, 0.717) is 16.7 Å². The van der Waals surface area contributed by atoms with Crippen LogP contribution in [0.5, 0.6) is 0 Å². The van der Waals surface area contributed by atoms with E-state index in [2.05, 4.69) is 21.9 Å². The zero-order valence-corrected chi connectivity index (χ0v) is 14.9. The highest BCUT2D eigenvalue weighted by Gasteiger charge is 2.26. The standard InChI is InChI=1S/C21H19NO5/c1-14(24)19(21(26)27-2)22-20(25)18-11-9-16(10-12-18)4-3-15-5-7-17(13-23)8-6-15/h5-14,19,24H,1-2H3,(H,22,25). The Morgan fingerprint density at radius 3 is 2.00 bits per heavy atom. The topological polar surface area (TPSA) is 92.7 Å². The number of aliphatic hydroxyl groups is 1. The van der Waals surface area contributed by atoms with E-state index in [4.69, 9.17) is 0 Å².